The Morgan fingerprint density at radius 1 is 1.36 bits per heavy atom. The summed E-state index contributed by atoms with van der Waals surface area (Å²) in [5.74, 6) is 0. The van der Waals surface area contributed by atoms with Crippen molar-refractivity contribution in [2.45, 2.75) is 6.54 Å². The van der Waals surface area contributed by atoms with Crippen molar-refractivity contribution in [1.29, 1.82) is 0 Å². The Kier molecular flexibility index (Phi) is 4.94. The quantitative estimate of drug-likeness (QED) is 0.745. The molecule has 0 unspecified atom stereocenters. The molecule has 0 aliphatic carbocycles. The lowest BCUT2D eigenvalue weighted by atomic mass is 10.2. The van der Waals surface area contributed by atoms with Crippen molar-refractivity contribution in [3.63, 3.8) is 0 Å². The van der Waals surface area contributed by atoms with Crippen LogP contribution in [0.25, 0.3) is 0 Å². The summed E-state index contributed by atoms with van der Waals surface area (Å²) < 4.78 is 5.01. The first-order valence-electron chi connectivity index (χ1n) is 4.65. The molecule has 0 fully saturated rings. The third-order valence-corrected chi connectivity index (χ3v) is 2.44. The Balaban J connectivity index is 2.47. The molecule has 0 heterocycles. The van der Waals surface area contributed by atoms with E-state index in [9.17, 15) is 0 Å². The average molecular weight is 214 g/mol. The maximum Gasteiger partial charge on any atom is 0.0589 e. The molecule has 3 heteroatoms. The van der Waals surface area contributed by atoms with Crippen LogP contribution in [-0.2, 0) is 11.3 Å². The van der Waals surface area contributed by atoms with Crippen molar-refractivity contribution < 1.29 is 4.74 Å². The topological polar surface area (TPSA) is 12.5 Å². The summed E-state index contributed by atoms with van der Waals surface area (Å²) in [7, 11) is 3.77. The van der Waals surface area contributed by atoms with Crippen molar-refractivity contribution in [2.75, 3.05) is 27.3 Å². The maximum atomic E-state index is 6.04. The van der Waals surface area contributed by atoms with Gasteiger partial charge in [-0.15, -0.1) is 0 Å². The van der Waals surface area contributed by atoms with Crippen LogP contribution in [0.1, 0.15) is 5.56 Å². The third-order valence-electron chi connectivity index (χ3n) is 2.08. The molecule has 78 valence electrons. The van der Waals surface area contributed by atoms with Crippen LogP contribution < -0.4 is 0 Å². The SMILES string of the molecule is COCCN(C)Cc1ccccc1Cl. The molecule has 0 atom stereocenters. The van der Waals surface area contributed by atoms with Crippen LogP contribution in [0.5, 0.6) is 0 Å². The van der Waals surface area contributed by atoms with Crippen molar-refractivity contribution in [3.8, 4) is 0 Å². The van der Waals surface area contributed by atoms with Crippen LogP contribution >= 0.6 is 11.6 Å². The van der Waals surface area contributed by atoms with E-state index in [4.69, 9.17) is 16.3 Å². The average Bonchev–Trinajstić information content (AvgIpc) is 2.18. The van der Waals surface area contributed by atoms with Gasteiger partial charge >= 0.3 is 0 Å². The number of ether oxygens (including phenoxy) is 1. The predicted molar refractivity (Wildman–Crippen MR) is 59.7 cm³/mol. The van der Waals surface area contributed by atoms with E-state index in [2.05, 4.69) is 11.9 Å². The number of methoxy groups -OCH3 is 1. The zero-order valence-corrected chi connectivity index (χ0v) is 9.42. The molecular weight excluding hydrogens is 198 g/mol. The number of halogens is 1. The molecule has 0 aromatic heterocycles. The number of likely N-dealkylation sites (N-methyl/N-ethyl adjacent to an activating group) is 1. The second kappa shape index (κ2) is 6.02. The molecule has 1 aromatic carbocycles. The van der Waals surface area contributed by atoms with Gasteiger partial charge in [0.25, 0.3) is 0 Å². The van der Waals surface area contributed by atoms with Gasteiger partial charge in [0.2, 0.25) is 0 Å². The minimum absolute atomic E-state index is 0.751. The van der Waals surface area contributed by atoms with E-state index >= 15 is 0 Å². The molecule has 0 aliphatic rings. The first kappa shape index (κ1) is 11.5. The van der Waals surface area contributed by atoms with Gasteiger partial charge in [0.1, 0.15) is 0 Å². The second-order valence-electron chi connectivity index (χ2n) is 3.32. The molecule has 0 saturated heterocycles. The lowest BCUT2D eigenvalue weighted by Crippen LogP contribution is -2.22. The molecule has 1 aromatic rings. The van der Waals surface area contributed by atoms with Crippen LogP contribution in [0.4, 0.5) is 0 Å². The number of benzene rings is 1. The molecule has 14 heavy (non-hydrogen) atoms. The van der Waals surface area contributed by atoms with Gasteiger partial charge < -0.3 is 4.74 Å². The van der Waals surface area contributed by atoms with Gasteiger partial charge in [-0.2, -0.15) is 0 Å². The zero-order chi connectivity index (χ0) is 10.4. The van der Waals surface area contributed by atoms with Crippen LogP contribution in [0, 0.1) is 0 Å². The minimum atomic E-state index is 0.751. The summed E-state index contributed by atoms with van der Waals surface area (Å²) in [6.07, 6.45) is 0. The Hall–Kier alpha value is -0.570. The molecule has 0 saturated carbocycles. The maximum absolute atomic E-state index is 6.04. The van der Waals surface area contributed by atoms with Crippen molar-refractivity contribution in [1.82, 2.24) is 4.90 Å². The summed E-state index contributed by atoms with van der Waals surface area (Å²) in [6.45, 7) is 2.53. The molecule has 1 rings (SSSR count). The predicted octanol–water partition coefficient (Wildman–Crippen LogP) is 2.42. The van der Waals surface area contributed by atoms with Crippen molar-refractivity contribution in [2.24, 2.45) is 0 Å². The fourth-order valence-electron chi connectivity index (χ4n) is 1.24. The Morgan fingerprint density at radius 2 is 2.07 bits per heavy atom. The van der Waals surface area contributed by atoms with Crippen molar-refractivity contribution >= 4 is 11.6 Å². The van der Waals surface area contributed by atoms with E-state index in [1.807, 2.05) is 24.3 Å². The summed E-state index contributed by atoms with van der Waals surface area (Å²) in [5.41, 5.74) is 1.16. The van der Waals surface area contributed by atoms with Crippen LogP contribution in [0.2, 0.25) is 5.02 Å². The summed E-state index contributed by atoms with van der Waals surface area (Å²) >= 11 is 6.04. The molecule has 0 spiro atoms. The number of hydrogen-bond acceptors (Lipinski definition) is 2. The van der Waals surface area contributed by atoms with Gasteiger partial charge in [-0.3, -0.25) is 4.90 Å². The van der Waals surface area contributed by atoms with Gasteiger partial charge in [-0.05, 0) is 18.7 Å². The monoisotopic (exact) mass is 213 g/mol. The molecule has 0 radical (unpaired) electrons. The summed E-state index contributed by atoms with van der Waals surface area (Å²) in [6, 6.07) is 7.92. The van der Waals surface area contributed by atoms with E-state index < -0.39 is 0 Å². The van der Waals surface area contributed by atoms with Crippen molar-refractivity contribution in [3.05, 3.63) is 34.9 Å². The van der Waals surface area contributed by atoms with Crippen LogP contribution in [0.3, 0.4) is 0 Å². The fourth-order valence-corrected chi connectivity index (χ4v) is 1.44. The highest BCUT2D eigenvalue weighted by Crippen LogP contribution is 2.16. The van der Waals surface area contributed by atoms with E-state index in [1.54, 1.807) is 7.11 Å². The lowest BCUT2D eigenvalue weighted by molar-refractivity contribution is 0.158. The van der Waals surface area contributed by atoms with Gasteiger partial charge in [0.15, 0.2) is 0 Å². The third kappa shape index (κ3) is 3.66. The molecule has 0 bridgehead atoms. The smallest absolute Gasteiger partial charge is 0.0589 e. The first-order chi connectivity index (χ1) is 6.74. The highest BCUT2D eigenvalue weighted by Gasteiger charge is 2.02. The number of nitrogens with zero attached hydrogens (tertiary/aromatic N) is 1. The number of hydrogen-bond donors (Lipinski definition) is 0. The molecule has 0 amide bonds. The van der Waals surface area contributed by atoms with Crippen LogP contribution in [0.15, 0.2) is 24.3 Å². The lowest BCUT2D eigenvalue weighted by Gasteiger charge is -2.16. The van der Waals surface area contributed by atoms with E-state index in [0.717, 1.165) is 30.3 Å². The Bertz CT molecular complexity index is 278. The highest BCUT2D eigenvalue weighted by molar-refractivity contribution is 6.31. The first-order valence-corrected chi connectivity index (χ1v) is 5.02. The van der Waals surface area contributed by atoms with E-state index in [0.29, 0.717) is 0 Å². The van der Waals surface area contributed by atoms with Gasteiger partial charge in [-0.25, -0.2) is 0 Å². The summed E-state index contributed by atoms with van der Waals surface area (Å²) in [5, 5.41) is 0.830. The molecular formula is C11H16ClNO. The van der Waals surface area contributed by atoms with Gasteiger partial charge in [-0.1, -0.05) is 29.8 Å². The minimum Gasteiger partial charge on any atom is -0.383 e. The van der Waals surface area contributed by atoms with Crippen LogP contribution in [-0.4, -0.2) is 32.2 Å². The largest absolute Gasteiger partial charge is 0.383 e. The standard InChI is InChI=1S/C11H16ClNO/c1-13(7-8-14-2)9-10-5-3-4-6-11(10)12/h3-6H,7-9H2,1-2H3. The summed E-state index contributed by atoms with van der Waals surface area (Å²) in [4.78, 5) is 2.19. The molecule has 0 aliphatic heterocycles. The molecule has 0 N–H and O–H groups in total. The fraction of sp³-hybridized carbons (Fsp3) is 0.455. The van der Waals surface area contributed by atoms with E-state index in [1.165, 1.54) is 0 Å². The Labute approximate surface area is 90.4 Å². The normalized spacial score (nSPS) is 10.9. The van der Waals surface area contributed by atoms with Gasteiger partial charge in [0.05, 0.1) is 6.61 Å². The Morgan fingerprint density at radius 3 is 2.71 bits per heavy atom. The number of rotatable bonds is 5. The zero-order valence-electron chi connectivity index (χ0n) is 8.66. The van der Waals surface area contributed by atoms with E-state index in [-0.39, 0.29) is 0 Å². The highest BCUT2D eigenvalue weighted by atomic mass is 35.5. The molecule has 2 nitrogen and oxygen atoms in total. The van der Waals surface area contributed by atoms with Gasteiger partial charge in [0, 0.05) is 25.2 Å². The second-order valence-corrected chi connectivity index (χ2v) is 3.73.